The highest BCUT2D eigenvalue weighted by atomic mass is 16.6. The Bertz CT molecular complexity index is 861. The molecule has 0 aliphatic carbocycles. The van der Waals surface area contributed by atoms with E-state index in [-0.39, 0.29) is 17.0 Å². The number of nitrogens with zero attached hydrogens (tertiary/aromatic N) is 2. The van der Waals surface area contributed by atoms with Crippen molar-refractivity contribution in [2.24, 2.45) is 0 Å². The number of carbonyl (C=O) groups is 2. The molecule has 0 aromatic heterocycles. The second-order valence-electron chi connectivity index (χ2n) is 6.34. The first-order valence-corrected chi connectivity index (χ1v) is 8.35. The molecule has 140 valence electrons. The third kappa shape index (κ3) is 3.89. The number of carboxylic acid groups (broad SMARTS) is 1. The van der Waals surface area contributed by atoms with Crippen LogP contribution < -0.4 is 4.74 Å². The summed E-state index contributed by atoms with van der Waals surface area (Å²) in [6.45, 7) is 0.969. The van der Waals surface area contributed by atoms with E-state index in [9.17, 15) is 19.7 Å². The van der Waals surface area contributed by atoms with Crippen molar-refractivity contribution in [1.82, 2.24) is 4.90 Å². The minimum atomic E-state index is -1.31. The maximum Gasteiger partial charge on any atom is 0.335 e. The minimum Gasteiger partial charge on any atom is -0.497 e. The van der Waals surface area contributed by atoms with Gasteiger partial charge < -0.3 is 14.7 Å². The molecule has 1 aliphatic heterocycles. The molecule has 0 saturated carbocycles. The molecule has 8 heteroatoms. The number of carboxylic acids is 1. The van der Waals surface area contributed by atoms with Crippen LogP contribution in [0.4, 0.5) is 5.69 Å². The summed E-state index contributed by atoms with van der Waals surface area (Å²) in [5.41, 5.74) is 0.399. The van der Waals surface area contributed by atoms with Crippen LogP contribution in [0.25, 0.3) is 0 Å². The number of ether oxygens (including phenoxy) is 1. The van der Waals surface area contributed by atoms with E-state index >= 15 is 0 Å². The Morgan fingerprint density at radius 3 is 2.44 bits per heavy atom. The van der Waals surface area contributed by atoms with E-state index in [1.54, 1.807) is 12.0 Å². The number of likely N-dealkylation sites (tertiary alicyclic amines) is 1. The second kappa shape index (κ2) is 7.45. The molecule has 1 atom stereocenters. The molecule has 27 heavy (non-hydrogen) atoms. The van der Waals surface area contributed by atoms with Crippen LogP contribution >= 0.6 is 0 Å². The van der Waals surface area contributed by atoms with Crippen molar-refractivity contribution in [2.75, 3.05) is 20.2 Å². The SMILES string of the molecule is COc1ccc(C2CCN(C(=O)c3cc(C(=O)O)cc([N+](=O)[O-])c3)C2)cc1. The quantitative estimate of drug-likeness (QED) is 0.640. The van der Waals surface area contributed by atoms with Crippen LogP contribution in [-0.2, 0) is 0 Å². The number of hydrogen-bond acceptors (Lipinski definition) is 5. The molecule has 0 spiro atoms. The number of methoxy groups -OCH3 is 1. The maximum atomic E-state index is 12.8. The van der Waals surface area contributed by atoms with Gasteiger partial charge in [0.2, 0.25) is 0 Å². The average molecular weight is 370 g/mol. The lowest BCUT2D eigenvalue weighted by molar-refractivity contribution is -0.384. The summed E-state index contributed by atoms with van der Waals surface area (Å²) in [5.74, 6) is -0.817. The Morgan fingerprint density at radius 1 is 1.19 bits per heavy atom. The lowest BCUT2D eigenvalue weighted by atomic mass is 9.98. The molecule has 8 nitrogen and oxygen atoms in total. The van der Waals surface area contributed by atoms with E-state index in [4.69, 9.17) is 9.84 Å². The van der Waals surface area contributed by atoms with E-state index in [2.05, 4.69) is 0 Å². The number of hydrogen-bond donors (Lipinski definition) is 1. The van der Waals surface area contributed by atoms with Gasteiger partial charge in [-0.2, -0.15) is 0 Å². The van der Waals surface area contributed by atoms with Crippen molar-refractivity contribution in [3.8, 4) is 5.75 Å². The molecule has 1 unspecified atom stereocenters. The van der Waals surface area contributed by atoms with Crippen LogP contribution in [0.2, 0.25) is 0 Å². The normalized spacial score (nSPS) is 16.2. The number of amides is 1. The van der Waals surface area contributed by atoms with Crippen molar-refractivity contribution < 1.29 is 24.4 Å². The average Bonchev–Trinajstić information content (AvgIpc) is 3.17. The molecule has 1 saturated heterocycles. The van der Waals surface area contributed by atoms with E-state index in [0.717, 1.165) is 29.9 Å². The Balaban J connectivity index is 1.80. The van der Waals surface area contributed by atoms with Crippen LogP contribution in [0, 0.1) is 10.1 Å². The molecule has 1 N–H and O–H groups in total. The smallest absolute Gasteiger partial charge is 0.335 e. The topological polar surface area (TPSA) is 110 Å². The van der Waals surface area contributed by atoms with Crippen LogP contribution in [-0.4, -0.2) is 47.0 Å². The third-order valence-corrected chi connectivity index (χ3v) is 4.69. The van der Waals surface area contributed by atoms with Crippen LogP contribution in [0.3, 0.4) is 0 Å². The van der Waals surface area contributed by atoms with Crippen LogP contribution in [0.15, 0.2) is 42.5 Å². The van der Waals surface area contributed by atoms with Gasteiger partial charge in [0.25, 0.3) is 11.6 Å². The Hall–Kier alpha value is -3.42. The zero-order valence-electron chi connectivity index (χ0n) is 14.6. The van der Waals surface area contributed by atoms with Gasteiger partial charge in [0.1, 0.15) is 5.75 Å². The Kier molecular flexibility index (Phi) is 5.07. The molecule has 0 radical (unpaired) electrons. The highest BCUT2D eigenvalue weighted by Gasteiger charge is 2.29. The predicted molar refractivity (Wildman–Crippen MR) is 96.3 cm³/mol. The number of nitro groups is 1. The molecule has 1 aliphatic rings. The van der Waals surface area contributed by atoms with E-state index in [1.165, 1.54) is 6.07 Å². The van der Waals surface area contributed by atoms with Crippen LogP contribution in [0.5, 0.6) is 5.75 Å². The van der Waals surface area contributed by atoms with Crippen LogP contribution in [0.1, 0.15) is 38.6 Å². The molecule has 2 aromatic rings. The lowest BCUT2D eigenvalue weighted by Gasteiger charge is -2.17. The molecule has 2 aromatic carbocycles. The third-order valence-electron chi connectivity index (χ3n) is 4.69. The zero-order chi connectivity index (χ0) is 19.6. The summed E-state index contributed by atoms with van der Waals surface area (Å²) in [6.07, 6.45) is 0.763. The Labute approximate surface area is 155 Å². The van der Waals surface area contributed by atoms with Crippen molar-refractivity contribution in [3.05, 3.63) is 69.3 Å². The van der Waals surface area contributed by atoms with Crippen molar-refractivity contribution in [1.29, 1.82) is 0 Å². The number of rotatable bonds is 5. The zero-order valence-corrected chi connectivity index (χ0v) is 14.6. The fourth-order valence-electron chi connectivity index (χ4n) is 3.24. The molecule has 1 heterocycles. The second-order valence-corrected chi connectivity index (χ2v) is 6.34. The fourth-order valence-corrected chi connectivity index (χ4v) is 3.24. The van der Waals surface area contributed by atoms with Crippen molar-refractivity contribution in [2.45, 2.75) is 12.3 Å². The first-order valence-electron chi connectivity index (χ1n) is 8.35. The fraction of sp³-hybridized carbons (Fsp3) is 0.263. The summed E-state index contributed by atoms with van der Waals surface area (Å²) < 4.78 is 5.14. The molecule has 1 amide bonds. The predicted octanol–water partition coefficient (Wildman–Crippen LogP) is 2.93. The molecule has 3 rings (SSSR count). The van der Waals surface area contributed by atoms with Gasteiger partial charge in [-0.1, -0.05) is 12.1 Å². The standard InChI is InChI=1S/C19H18N2O6/c1-27-17-4-2-12(3-5-17)13-6-7-20(11-13)18(22)14-8-15(19(23)24)10-16(9-14)21(25)26/h2-5,8-10,13H,6-7,11H2,1H3,(H,23,24). The maximum absolute atomic E-state index is 12.8. The van der Waals surface area contributed by atoms with Gasteiger partial charge in [-0.3, -0.25) is 14.9 Å². The number of carbonyl (C=O) groups excluding carboxylic acids is 1. The first kappa shape index (κ1) is 18.4. The highest BCUT2D eigenvalue weighted by Crippen LogP contribution is 2.30. The van der Waals surface area contributed by atoms with Gasteiger partial charge in [0.15, 0.2) is 0 Å². The van der Waals surface area contributed by atoms with Gasteiger partial charge in [-0.25, -0.2) is 4.79 Å². The number of aromatic carboxylic acids is 1. The number of benzene rings is 2. The summed E-state index contributed by atoms with van der Waals surface area (Å²) >= 11 is 0. The van der Waals surface area contributed by atoms with Crippen molar-refractivity contribution in [3.63, 3.8) is 0 Å². The summed E-state index contributed by atoms with van der Waals surface area (Å²) in [6, 6.07) is 10.9. The summed E-state index contributed by atoms with van der Waals surface area (Å²) in [7, 11) is 1.59. The number of non-ortho nitro benzene ring substituents is 1. The van der Waals surface area contributed by atoms with Crippen molar-refractivity contribution >= 4 is 17.6 Å². The first-order chi connectivity index (χ1) is 12.9. The van der Waals surface area contributed by atoms with E-state index < -0.39 is 22.5 Å². The van der Waals surface area contributed by atoms with Gasteiger partial charge in [-0.15, -0.1) is 0 Å². The molecule has 1 fully saturated rings. The molecular formula is C19H18N2O6. The molecule has 0 bridgehead atoms. The highest BCUT2D eigenvalue weighted by molar-refractivity contribution is 5.98. The van der Waals surface area contributed by atoms with Gasteiger partial charge in [0.05, 0.1) is 17.6 Å². The monoisotopic (exact) mass is 370 g/mol. The largest absolute Gasteiger partial charge is 0.497 e. The Morgan fingerprint density at radius 2 is 1.85 bits per heavy atom. The van der Waals surface area contributed by atoms with E-state index in [1.807, 2.05) is 24.3 Å². The van der Waals surface area contributed by atoms with E-state index in [0.29, 0.717) is 13.1 Å². The van der Waals surface area contributed by atoms with Gasteiger partial charge in [0, 0.05) is 36.7 Å². The summed E-state index contributed by atoms with van der Waals surface area (Å²) in [4.78, 5) is 35.9. The summed E-state index contributed by atoms with van der Waals surface area (Å²) in [5, 5.41) is 20.2. The molecular weight excluding hydrogens is 352 g/mol. The van der Waals surface area contributed by atoms with Gasteiger partial charge >= 0.3 is 5.97 Å². The minimum absolute atomic E-state index is 0.0111. The van der Waals surface area contributed by atoms with Gasteiger partial charge in [-0.05, 0) is 30.2 Å². The number of nitro benzene ring substituents is 1. The lowest BCUT2D eigenvalue weighted by Crippen LogP contribution is -2.28.